The number of H-pyrrole nitrogens is 1. The SMILES string of the molecule is O=C(CCCc1nc2ccccc2[nH]1)N1CCN(c2ccc(Br)cn2)CC1. The lowest BCUT2D eigenvalue weighted by Gasteiger charge is -2.35. The zero-order valence-corrected chi connectivity index (χ0v) is 16.7. The van der Waals surface area contributed by atoms with Crippen LogP contribution in [0.5, 0.6) is 0 Å². The summed E-state index contributed by atoms with van der Waals surface area (Å²) >= 11 is 3.41. The van der Waals surface area contributed by atoms with Crippen molar-refractivity contribution >= 4 is 38.7 Å². The third-order valence-corrected chi connectivity index (χ3v) is 5.38. The first-order valence-electron chi connectivity index (χ1n) is 9.27. The van der Waals surface area contributed by atoms with E-state index in [0.29, 0.717) is 6.42 Å². The zero-order valence-electron chi connectivity index (χ0n) is 15.1. The third-order valence-electron chi connectivity index (χ3n) is 4.91. The van der Waals surface area contributed by atoms with Crippen molar-refractivity contribution in [3.05, 3.63) is 52.9 Å². The maximum atomic E-state index is 12.5. The molecule has 1 fully saturated rings. The van der Waals surface area contributed by atoms with Crippen LogP contribution in [0.2, 0.25) is 0 Å². The number of nitrogens with one attached hydrogen (secondary N) is 1. The van der Waals surface area contributed by atoms with Gasteiger partial charge in [-0.25, -0.2) is 9.97 Å². The molecule has 1 N–H and O–H groups in total. The molecular formula is C20H22BrN5O. The van der Waals surface area contributed by atoms with Gasteiger partial charge in [-0.3, -0.25) is 4.79 Å². The number of para-hydroxylation sites is 2. The topological polar surface area (TPSA) is 65.1 Å². The molecule has 2 aromatic heterocycles. The van der Waals surface area contributed by atoms with Gasteiger partial charge in [0.2, 0.25) is 5.91 Å². The molecule has 0 spiro atoms. The average Bonchev–Trinajstić information content (AvgIpc) is 3.11. The van der Waals surface area contributed by atoms with Crippen LogP contribution in [-0.4, -0.2) is 51.9 Å². The van der Waals surface area contributed by atoms with Crippen LogP contribution in [0.15, 0.2) is 47.1 Å². The predicted molar refractivity (Wildman–Crippen MR) is 110 cm³/mol. The van der Waals surface area contributed by atoms with Gasteiger partial charge in [0.15, 0.2) is 0 Å². The smallest absolute Gasteiger partial charge is 0.222 e. The molecule has 0 aliphatic carbocycles. The molecule has 1 aromatic carbocycles. The number of carbonyl (C=O) groups is 1. The summed E-state index contributed by atoms with van der Waals surface area (Å²) in [5.74, 6) is 2.15. The van der Waals surface area contributed by atoms with Gasteiger partial charge >= 0.3 is 0 Å². The van der Waals surface area contributed by atoms with E-state index in [9.17, 15) is 4.79 Å². The summed E-state index contributed by atoms with van der Waals surface area (Å²) < 4.78 is 0.976. The summed E-state index contributed by atoms with van der Waals surface area (Å²) in [6, 6.07) is 12.0. The Morgan fingerprint density at radius 1 is 1.11 bits per heavy atom. The highest BCUT2D eigenvalue weighted by Crippen LogP contribution is 2.17. The van der Waals surface area contributed by atoms with Gasteiger partial charge in [-0.2, -0.15) is 0 Å². The number of hydrogen-bond acceptors (Lipinski definition) is 4. The fourth-order valence-corrected chi connectivity index (χ4v) is 3.66. The third kappa shape index (κ3) is 4.30. The van der Waals surface area contributed by atoms with Crippen molar-refractivity contribution in [1.29, 1.82) is 0 Å². The average molecular weight is 428 g/mol. The predicted octanol–water partition coefficient (Wildman–Crippen LogP) is 3.39. The van der Waals surface area contributed by atoms with Gasteiger partial charge < -0.3 is 14.8 Å². The molecule has 1 aliphatic rings. The van der Waals surface area contributed by atoms with Crippen molar-refractivity contribution in [3.8, 4) is 0 Å². The summed E-state index contributed by atoms with van der Waals surface area (Å²) in [4.78, 5) is 29.0. The highest BCUT2D eigenvalue weighted by molar-refractivity contribution is 9.10. The number of pyridine rings is 1. The molecule has 1 amide bonds. The first kappa shape index (κ1) is 18.0. The molecule has 140 valence electrons. The number of aryl methyl sites for hydroxylation is 1. The first-order valence-corrected chi connectivity index (χ1v) is 10.1. The van der Waals surface area contributed by atoms with Gasteiger partial charge in [-0.05, 0) is 46.6 Å². The van der Waals surface area contributed by atoms with Crippen molar-refractivity contribution in [2.45, 2.75) is 19.3 Å². The van der Waals surface area contributed by atoms with E-state index in [-0.39, 0.29) is 5.91 Å². The number of benzene rings is 1. The number of anilines is 1. The Kier molecular flexibility index (Phi) is 5.38. The molecule has 0 saturated carbocycles. The number of imidazole rings is 1. The summed E-state index contributed by atoms with van der Waals surface area (Å²) in [6.07, 6.45) is 3.98. The van der Waals surface area contributed by atoms with Crippen LogP contribution < -0.4 is 4.90 Å². The maximum absolute atomic E-state index is 12.5. The maximum Gasteiger partial charge on any atom is 0.222 e. The number of carbonyl (C=O) groups excluding carboxylic acids is 1. The summed E-state index contributed by atoms with van der Waals surface area (Å²) in [7, 11) is 0. The number of hydrogen-bond donors (Lipinski definition) is 1. The van der Waals surface area contributed by atoms with Crippen LogP contribution in [0.1, 0.15) is 18.7 Å². The Morgan fingerprint density at radius 3 is 2.67 bits per heavy atom. The van der Waals surface area contributed by atoms with E-state index in [1.807, 2.05) is 47.5 Å². The standard InChI is InChI=1S/C20H22BrN5O/c21-15-8-9-19(22-14-15)25-10-12-26(13-11-25)20(27)7-3-6-18-23-16-4-1-2-5-17(16)24-18/h1-2,4-5,8-9,14H,3,6-7,10-13H2,(H,23,24). The second-order valence-corrected chi connectivity index (χ2v) is 7.67. The lowest BCUT2D eigenvalue weighted by molar-refractivity contribution is -0.131. The van der Waals surface area contributed by atoms with Crippen molar-refractivity contribution in [2.75, 3.05) is 31.1 Å². The van der Waals surface area contributed by atoms with Gasteiger partial charge in [-0.15, -0.1) is 0 Å². The molecule has 7 heteroatoms. The molecule has 27 heavy (non-hydrogen) atoms. The van der Waals surface area contributed by atoms with E-state index in [2.05, 4.69) is 35.8 Å². The molecule has 0 radical (unpaired) electrons. The van der Waals surface area contributed by atoms with Crippen molar-refractivity contribution in [1.82, 2.24) is 19.9 Å². The number of piperazine rings is 1. The molecule has 0 atom stereocenters. The molecule has 4 rings (SSSR count). The summed E-state index contributed by atoms with van der Waals surface area (Å²) in [5.41, 5.74) is 2.04. The van der Waals surface area contributed by atoms with Crippen LogP contribution in [0.3, 0.4) is 0 Å². The Bertz CT molecular complexity index is 883. The quantitative estimate of drug-likeness (QED) is 0.677. The highest BCUT2D eigenvalue weighted by atomic mass is 79.9. The number of amides is 1. The second kappa shape index (κ2) is 8.08. The van der Waals surface area contributed by atoms with Crippen LogP contribution in [0.25, 0.3) is 11.0 Å². The van der Waals surface area contributed by atoms with E-state index in [4.69, 9.17) is 0 Å². The zero-order chi connectivity index (χ0) is 18.6. The number of fused-ring (bicyclic) bond motifs is 1. The van der Waals surface area contributed by atoms with Crippen LogP contribution in [0, 0.1) is 0 Å². The Hall–Kier alpha value is -2.41. The molecule has 6 nitrogen and oxygen atoms in total. The normalized spacial score (nSPS) is 14.7. The number of aromatic nitrogens is 3. The molecule has 3 aromatic rings. The Labute approximate surface area is 166 Å². The molecular weight excluding hydrogens is 406 g/mol. The van der Waals surface area contributed by atoms with Crippen molar-refractivity contribution < 1.29 is 4.79 Å². The number of rotatable bonds is 5. The van der Waals surface area contributed by atoms with Gasteiger partial charge in [0, 0.05) is 49.7 Å². The monoisotopic (exact) mass is 427 g/mol. The largest absolute Gasteiger partial charge is 0.353 e. The highest BCUT2D eigenvalue weighted by Gasteiger charge is 2.21. The minimum Gasteiger partial charge on any atom is -0.353 e. The van der Waals surface area contributed by atoms with Crippen LogP contribution in [0.4, 0.5) is 5.82 Å². The van der Waals surface area contributed by atoms with E-state index in [1.165, 1.54) is 0 Å². The van der Waals surface area contributed by atoms with Gasteiger partial charge in [0.05, 0.1) is 11.0 Å². The minimum absolute atomic E-state index is 0.231. The first-order chi connectivity index (χ1) is 13.2. The van der Waals surface area contributed by atoms with E-state index < -0.39 is 0 Å². The fraction of sp³-hybridized carbons (Fsp3) is 0.350. The summed E-state index contributed by atoms with van der Waals surface area (Å²) in [5, 5.41) is 0. The molecule has 1 aliphatic heterocycles. The number of aromatic amines is 1. The van der Waals surface area contributed by atoms with Crippen molar-refractivity contribution in [2.24, 2.45) is 0 Å². The second-order valence-electron chi connectivity index (χ2n) is 6.76. The molecule has 0 unspecified atom stereocenters. The van der Waals surface area contributed by atoms with E-state index >= 15 is 0 Å². The lowest BCUT2D eigenvalue weighted by Crippen LogP contribution is -2.49. The van der Waals surface area contributed by atoms with E-state index in [0.717, 1.165) is 66.2 Å². The Morgan fingerprint density at radius 2 is 1.93 bits per heavy atom. The number of nitrogens with zero attached hydrogens (tertiary/aromatic N) is 4. The van der Waals surface area contributed by atoms with Gasteiger partial charge in [-0.1, -0.05) is 12.1 Å². The van der Waals surface area contributed by atoms with Crippen LogP contribution in [-0.2, 0) is 11.2 Å². The van der Waals surface area contributed by atoms with Gasteiger partial charge in [0.25, 0.3) is 0 Å². The minimum atomic E-state index is 0.231. The molecule has 0 bridgehead atoms. The lowest BCUT2D eigenvalue weighted by atomic mass is 10.2. The number of halogens is 1. The summed E-state index contributed by atoms with van der Waals surface area (Å²) in [6.45, 7) is 3.15. The van der Waals surface area contributed by atoms with Crippen molar-refractivity contribution in [3.63, 3.8) is 0 Å². The Balaban J connectivity index is 1.24. The molecule has 1 saturated heterocycles. The molecule has 3 heterocycles. The van der Waals surface area contributed by atoms with Crippen LogP contribution >= 0.6 is 15.9 Å². The fourth-order valence-electron chi connectivity index (χ4n) is 3.43. The van der Waals surface area contributed by atoms with Gasteiger partial charge in [0.1, 0.15) is 11.6 Å². The van der Waals surface area contributed by atoms with E-state index in [1.54, 1.807) is 0 Å².